The molecule has 0 amide bonds. The van der Waals surface area contributed by atoms with Crippen LogP contribution in [0.4, 0.5) is 0 Å². The molecule has 0 saturated carbocycles. The van der Waals surface area contributed by atoms with E-state index in [4.69, 9.17) is 32.4 Å². The fourth-order valence-electron chi connectivity index (χ4n) is 3.62. The number of furan rings is 1. The van der Waals surface area contributed by atoms with E-state index in [1.54, 1.807) is 6.07 Å². The van der Waals surface area contributed by atoms with Crippen molar-refractivity contribution >= 4 is 23.2 Å². The quantitative estimate of drug-likeness (QED) is 0.814. The number of likely N-dealkylation sites (tertiary alicyclic amines) is 1. The second-order valence-electron chi connectivity index (χ2n) is 6.91. The van der Waals surface area contributed by atoms with E-state index in [1.807, 2.05) is 24.3 Å². The molecule has 4 rings (SSSR count). The lowest BCUT2D eigenvalue weighted by Gasteiger charge is -2.48. The van der Waals surface area contributed by atoms with Crippen LogP contribution in [0.1, 0.15) is 18.6 Å². The molecular formula is C19H22Cl2N2O2. The molecule has 2 aromatic rings. The second kappa shape index (κ2) is 7.29. The van der Waals surface area contributed by atoms with E-state index in [9.17, 15) is 0 Å². The number of nitrogens with one attached hydrogen (secondary N) is 1. The van der Waals surface area contributed by atoms with Crippen LogP contribution in [0.3, 0.4) is 0 Å². The van der Waals surface area contributed by atoms with Crippen molar-refractivity contribution in [2.24, 2.45) is 0 Å². The van der Waals surface area contributed by atoms with Gasteiger partial charge in [0, 0.05) is 12.1 Å². The SMILES string of the molecule is Clc1ccc(-c2ccc(CNCC3(N4CCCC4)COC3)o2)cc1Cl. The average molecular weight is 381 g/mol. The summed E-state index contributed by atoms with van der Waals surface area (Å²) in [5, 5.41) is 4.63. The van der Waals surface area contributed by atoms with Gasteiger partial charge in [0.25, 0.3) is 0 Å². The minimum absolute atomic E-state index is 0.176. The summed E-state index contributed by atoms with van der Waals surface area (Å²) in [5.74, 6) is 1.72. The van der Waals surface area contributed by atoms with Gasteiger partial charge in [-0.3, -0.25) is 4.90 Å². The summed E-state index contributed by atoms with van der Waals surface area (Å²) in [7, 11) is 0. The van der Waals surface area contributed by atoms with Crippen molar-refractivity contribution in [1.82, 2.24) is 10.2 Å². The van der Waals surface area contributed by atoms with E-state index in [-0.39, 0.29) is 5.54 Å². The van der Waals surface area contributed by atoms with Crippen molar-refractivity contribution in [3.63, 3.8) is 0 Å². The number of rotatable bonds is 6. The molecule has 0 spiro atoms. The van der Waals surface area contributed by atoms with Crippen LogP contribution in [-0.4, -0.2) is 43.3 Å². The molecule has 0 unspecified atom stereocenters. The zero-order valence-corrected chi connectivity index (χ0v) is 15.6. The molecule has 0 aliphatic carbocycles. The molecule has 2 saturated heterocycles. The van der Waals surface area contributed by atoms with Crippen LogP contribution in [0, 0.1) is 0 Å². The number of hydrogen-bond acceptors (Lipinski definition) is 4. The van der Waals surface area contributed by atoms with Crippen LogP contribution in [0.15, 0.2) is 34.7 Å². The first kappa shape index (κ1) is 17.4. The third-order valence-electron chi connectivity index (χ3n) is 5.14. The van der Waals surface area contributed by atoms with Gasteiger partial charge >= 0.3 is 0 Å². The highest BCUT2D eigenvalue weighted by atomic mass is 35.5. The van der Waals surface area contributed by atoms with E-state index in [1.165, 1.54) is 25.9 Å². The molecule has 25 heavy (non-hydrogen) atoms. The maximum Gasteiger partial charge on any atom is 0.134 e. The van der Waals surface area contributed by atoms with Gasteiger partial charge in [-0.25, -0.2) is 0 Å². The number of ether oxygens (including phenoxy) is 1. The minimum atomic E-state index is 0.176. The maximum atomic E-state index is 6.09. The number of halogens is 2. The predicted molar refractivity (Wildman–Crippen MR) is 100 cm³/mol. The van der Waals surface area contributed by atoms with Gasteiger partial charge in [0.2, 0.25) is 0 Å². The first-order valence-corrected chi connectivity index (χ1v) is 9.50. The van der Waals surface area contributed by atoms with Gasteiger partial charge in [-0.15, -0.1) is 0 Å². The van der Waals surface area contributed by atoms with Gasteiger partial charge in [-0.2, -0.15) is 0 Å². The number of nitrogens with zero attached hydrogens (tertiary/aromatic N) is 1. The molecule has 2 fully saturated rings. The van der Waals surface area contributed by atoms with E-state index < -0.39 is 0 Å². The average Bonchev–Trinajstić information content (AvgIpc) is 3.24. The minimum Gasteiger partial charge on any atom is -0.460 e. The molecule has 1 aromatic heterocycles. The van der Waals surface area contributed by atoms with Crippen molar-refractivity contribution in [2.45, 2.75) is 24.9 Å². The third-order valence-corrected chi connectivity index (χ3v) is 5.88. The molecule has 4 nitrogen and oxygen atoms in total. The highest BCUT2D eigenvalue weighted by molar-refractivity contribution is 6.42. The smallest absolute Gasteiger partial charge is 0.134 e. The second-order valence-corrected chi connectivity index (χ2v) is 7.72. The third kappa shape index (κ3) is 3.60. The summed E-state index contributed by atoms with van der Waals surface area (Å²) < 4.78 is 11.5. The summed E-state index contributed by atoms with van der Waals surface area (Å²) in [6.07, 6.45) is 2.60. The van der Waals surface area contributed by atoms with Gasteiger partial charge in [0.1, 0.15) is 11.5 Å². The Bertz CT molecular complexity index is 737. The summed E-state index contributed by atoms with van der Waals surface area (Å²) in [6.45, 7) is 5.66. The molecule has 0 bridgehead atoms. The van der Waals surface area contributed by atoms with Crippen LogP contribution >= 0.6 is 23.2 Å². The Morgan fingerprint density at radius 2 is 1.84 bits per heavy atom. The Kier molecular flexibility index (Phi) is 5.07. The summed E-state index contributed by atoms with van der Waals surface area (Å²) in [5.41, 5.74) is 1.11. The topological polar surface area (TPSA) is 37.6 Å². The number of hydrogen-bond donors (Lipinski definition) is 1. The highest BCUT2D eigenvalue weighted by Gasteiger charge is 2.44. The summed E-state index contributed by atoms with van der Waals surface area (Å²) >= 11 is 12.1. The highest BCUT2D eigenvalue weighted by Crippen LogP contribution is 2.30. The molecular weight excluding hydrogens is 359 g/mol. The first-order chi connectivity index (χ1) is 12.2. The Balaban J connectivity index is 1.36. The van der Waals surface area contributed by atoms with Crippen LogP contribution in [0.2, 0.25) is 10.0 Å². The lowest BCUT2D eigenvalue weighted by Crippen LogP contribution is -2.66. The Morgan fingerprint density at radius 3 is 2.52 bits per heavy atom. The van der Waals surface area contributed by atoms with Crippen LogP contribution < -0.4 is 5.32 Å². The predicted octanol–water partition coefficient (Wildman–Crippen LogP) is 4.21. The first-order valence-electron chi connectivity index (χ1n) is 8.74. The maximum absolute atomic E-state index is 6.09. The molecule has 2 aliphatic heterocycles. The molecule has 0 radical (unpaired) electrons. The lowest BCUT2D eigenvalue weighted by atomic mass is 9.95. The van der Waals surface area contributed by atoms with Gasteiger partial charge in [-0.05, 0) is 56.3 Å². The Hall–Kier alpha value is -1.04. The largest absolute Gasteiger partial charge is 0.460 e. The molecule has 6 heteroatoms. The summed E-state index contributed by atoms with van der Waals surface area (Å²) in [4.78, 5) is 2.58. The molecule has 2 aliphatic rings. The molecule has 3 heterocycles. The van der Waals surface area contributed by atoms with Crippen molar-refractivity contribution in [3.05, 3.63) is 46.1 Å². The Morgan fingerprint density at radius 1 is 1.04 bits per heavy atom. The molecule has 134 valence electrons. The van der Waals surface area contributed by atoms with E-state index in [0.29, 0.717) is 16.6 Å². The lowest BCUT2D eigenvalue weighted by molar-refractivity contribution is -0.132. The van der Waals surface area contributed by atoms with Crippen LogP contribution in [-0.2, 0) is 11.3 Å². The van der Waals surface area contributed by atoms with Crippen molar-refractivity contribution in [3.8, 4) is 11.3 Å². The van der Waals surface area contributed by atoms with Crippen molar-refractivity contribution < 1.29 is 9.15 Å². The number of benzene rings is 1. The van der Waals surface area contributed by atoms with E-state index in [0.717, 1.165) is 36.8 Å². The van der Waals surface area contributed by atoms with Crippen LogP contribution in [0.5, 0.6) is 0 Å². The monoisotopic (exact) mass is 380 g/mol. The van der Waals surface area contributed by atoms with E-state index >= 15 is 0 Å². The van der Waals surface area contributed by atoms with Crippen molar-refractivity contribution in [2.75, 3.05) is 32.8 Å². The standard InChI is InChI=1S/C19H22Cl2N2O2/c20-16-5-3-14(9-17(16)21)18-6-4-15(25-18)10-22-11-19(12-24-13-19)23-7-1-2-8-23/h3-6,9,22H,1-2,7-8,10-13H2. The molecule has 1 aromatic carbocycles. The fourth-order valence-corrected chi connectivity index (χ4v) is 3.92. The zero-order chi connectivity index (χ0) is 17.3. The Labute approximate surface area is 158 Å². The normalized spacial score (nSPS) is 19.9. The molecule has 1 N–H and O–H groups in total. The van der Waals surface area contributed by atoms with Gasteiger partial charge < -0.3 is 14.5 Å². The van der Waals surface area contributed by atoms with Gasteiger partial charge in [0.05, 0.1) is 35.3 Å². The van der Waals surface area contributed by atoms with Crippen LogP contribution in [0.25, 0.3) is 11.3 Å². The summed E-state index contributed by atoms with van der Waals surface area (Å²) in [6, 6.07) is 9.51. The van der Waals surface area contributed by atoms with Crippen molar-refractivity contribution in [1.29, 1.82) is 0 Å². The zero-order valence-electron chi connectivity index (χ0n) is 14.1. The molecule has 0 atom stereocenters. The van der Waals surface area contributed by atoms with Gasteiger partial charge in [0.15, 0.2) is 0 Å². The van der Waals surface area contributed by atoms with Gasteiger partial charge in [-0.1, -0.05) is 23.2 Å². The van der Waals surface area contributed by atoms with E-state index in [2.05, 4.69) is 10.2 Å². The fraction of sp³-hybridized carbons (Fsp3) is 0.474.